The number of carbonyl (C=O) groups is 1. The van der Waals surface area contributed by atoms with Crippen molar-refractivity contribution in [3.8, 4) is 0 Å². The van der Waals surface area contributed by atoms with Crippen molar-refractivity contribution in [3.05, 3.63) is 63.0 Å². The molecule has 0 saturated carbocycles. The summed E-state index contributed by atoms with van der Waals surface area (Å²) in [6, 6.07) is 3.98. The Bertz CT molecular complexity index is 986. The first-order valence-electron chi connectivity index (χ1n) is 10.7. The number of halogens is 2. The van der Waals surface area contributed by atoms with Gasteiger partial charge < -0.3 is 10.1 Å². The lowest BCUT2D eigenvalue weighted by Gasteiger charge is -2.30. The van der Waals surface area contributed by atoms with E-state index in [2.05, 4.69) is 10.3 Å². The lowest BCUT2D eigenvalue weighted by Crippen LogP contribution is -2.40. The molecule has 32 heavy (non-hydrogen) atoms. The number of amidine groups is 1. The van der Waals surface area contributed by atoms with Crippen molar-refractivity contribution in [2.45, 2.75) is 33.2 Å². The third-order valence-electron chi connectivity index (χ3n) is 5.18. The number of aliphatic imine (C=N–C) groups is 1. The van der Waals surface area contributed by atoms with Gasteiger partial charge in [-0.1, -0.05) is 19.1 Å². The molecule has 0 bridgehead atoms. The van der Waals surface area contributed by atoms with Crippen LogP contribution in [0.15, 0.2) is 46.0 Å². The molecule has 6 nitrogen and oxygen atoms in total. The molecule has 3 rings (SSSR count). The lowest BCUT2D eigenvalue weighted by atomic mass is 9.92. The monoisotopic (exact) mass is 462 g/mol. The normalized spacial score (nSPS) is 16.2. The summed E-state index contributed by atoms with van der Waals surface area (Å²) in [6.45, 7) is 6.32. The molecule has 0 amide bonds. The first kappa shape index (κ1) is 24.0. The topological polar surface area (TPSA) is 66.8 Å². The standard InChI is InChI=1S/C23H28F2N4O2S/c1-4-11-29(12-9-24)14-18-19(23(30)31-5-2)20(16-7-6-8-17(25)15(16)3)28-21(27-18)22-26-10-13-32-22/h6-8,10,13,20H,4-5,9,11-12,14H2,1-3H3,(H,27,28)/t20-/m0/s1. The highest BCUT2D eigenvalue weighted by Crippen LogP contribution is 2.35. The van der Waals surface area contributed by atoms with Gasteiger partial charge >= 0.3 is 5.97 Å². The predicted molar refractivity (Wildman–Crippen MR) is 122 cm³/mol. The Morgan fingerprint density at radius 3 is 2.78 bits per heavy atom. The number of nitrogens with zero attached hydrogens (tertiary/aromatic N) is 3. The van der Waals surface area contributed by atoms with E-state index in [1.165, 1.54) is 17.4 Å². The van der Waals surface area contributed by atoms with Gasteiger partial charge in [0.1, 0.15) is 18.5 Å². The van der Waals surface area contributed by atoms with Gasteiger partial charge in [0.2, 0.25) is 0 Å². The molecule has 1 aliphatic heterocycles. The number of esters is 1. The number of aromatic nitrogens is 1. The van der Waals surface area contributed by atoms with Gasteiger partial charge in [0.25, 0.3) is 0 Å². The minimum absolute atomic E-state index is 0.191. The maximum absolute atomic E-state index is 14.4. The van der Waals surface area contributed by atoms with Crippen LogP contribution in [0.25, 0.3) is 0 Å². The van der Waals surface area contributed by atoms with Gasteiger partial charge in [-0.2, -0.15) is 0 Å². The first-order chi connectivity index (χ1) is 15.5. The molecule has 172 valence electrons. The summed E-state index contributed by atoms with van der Waals surface area (Å²) in [6.07, 6.45) is 2.51. The van der Waals surface area contributed by atoms with E-state index >= 15 is 0 Å². The van der Waals surface area contributed by atoms with Crippen LogP contribution in [0.3, 0.4) is 0 Å². The van der Waals surface area contributed by atoms with Crippen LogP contribution >= 0.6 is 11.3 Å². The molecular formula is C23H28F2N4O2S. The number of carbonyl (C=O) groups excluding carboxylic acids is 1. The van der Waals surface area contributed by atoms with Crippen LogP contribution in [-0.2, 0) is 9.53 Å². The number of nitrogens with one attached hydrogen (secondary N) is 1. The van der Waals surface area contributed by atoms with Gasteiger partial charge in [-0.3, -0.25) is 9.89 Å². The van der Waals surface area contributed by atoms with Gasteiger partial charge in [-0.25, -0.2) is 18.6 Å². The fourth-order valence-electron chi connectivity index (χ4n) is 3.69. The number of alkyl halides is 1. The molecule has 2 aromatic rings. The highest BCUT2D eigenvalue weighted by Gasteiger charge is 2.34. The Hall–Kier alpha value is -2.65. The van der Waals surface area contributed by atoms with E-state index in [1.807, 2.05) is 17.2 Å². The van der Waals surface area contributed by atoms with Gasteiger partial charge in [0, 0.05) is 30.4 Å². The Labute approximate surface area is 191 Å². The van der Waals surface area contributed by atoms with Gasteiger partial charge in [0.15, 0.2) is 10.8 Å². The Balaban J connectivity index is 2.16. The minimum atomic E-state index is -0.770. The third kappa shape index (κ3) is 5.39. The highest BCUT2D eigenvalue weighted by molar-refractivity contribution is 7.11. The number of benzene rings is 1. The van der Waals surface area contributed by atoms with Crippen molar-refractivity contribution in [1.29, 1.82) is 0 Å². The molecule has 0 saturated heterocycles. The van der Waals surface area contributed by atoms with E-state index in [9.17, 15) is 13.6 Å². The van der Waals surface area contributed by atoms with Crippen molar-refractivity contribution >= 4 is 23.1 Å². The van der Waals surface area contributed by atoms with Crippen LogP contribution in [0, 0.1) is 12.7 Å². The summed E-state index contributed by atoms with van der Waals surface area (Å²) in [5.41, 5.74) is 1.87. The number of rotatable bonds is 10. The number of ether oxygens (including phenoxy) is 1. The predicted octanol–water partition coefficient (Wildman–Crippen LogP) is 4.18. The summed E-state index contributed by atoms with van der Waals surface area (Å²) < 4.78 is 33.0. The summed E-state index contributed by atoms with van der Waals surface area (Å²) in [5, 5.41) is 5.73. The van der Waals surface area contributed by atoms with Gasteiger partial charge in [-0.15, -0.1) is 11.3 Å². The maximum Gasteiger partial charge on any atom is 0.338 e. The molecule has 1 aromatic carbocycles. The molecular weight excluding hydrogens is 434 g/mol. The van der Waals surface area contributed by atoms with Gasteiger partial charge in [-0.05, 0) is 44.0 Å². The summed E-state index contributed by atoms with van der Waals surface area (Å²) in [5.74, 6) is -0.405. The Morgan fingerprint density at radius 1 is 1.31 bits per heavy atom. The van der Waals surface area contributed by atoms with Gasteiger partial charge in [0.05, 0.1) is 12.2 Å². The molecule has 1 atom stereocenters. The van der Waals surface area contributed by atoms with Crippen molar-refractivity contribution in [1.82, 2.24) is 15.2 Å². The van der Waals surface area contributed by atoms with Crippen LogP contribution in [-0.4, -0.2) is 54.6 Å². The zero-order valence-corrected chi connectivity index (χ0v) is 19.3. The molecule has 1 aromatic heterocycles. The molecule has 9 heteroatoms. The fraction of sp³-hybridized carbons (Fsp3) is 0.435. The third-order valence-corrected chi connectivity index (χ3v) is 5.96. The molecule has 0 radical (unpaired) electrons. The molecule has 0 aliphatic carbocycles. The van der Waals surface area contributed by atoms with Crippen LogP contribution in [0.2, 0.25) is 0 Å². The molecule has 0 unspecified atom stereocenters. The summed E-state index contributed by atoms with van der Waals surface area (Å²) in [4.78, 5) is 24.1. The van der Waals surface area contributed by atoms with E-state index in [-0.39, 0.29) is 19.0 Å². The zero-order chi connectivity index (χ0) is 23.1. The van der Waals surface area contributed by atoms with Crippen LogP contribution in [0.5, 0.6) is 0 Å². The molecule has 0 spiro atoms. The number of hydrogen-bond acceptors (Lipinski definition) is 7. The number of hydrogen-bond donors (Lipinski definition) is 1. The second-order valence-corrected chi connectivity index (χ2v) is 8.27. The van der Waals surface area contributed by atoms with E-state index in [1.54, 1.807) is 32.2 Å². The second-order valence-electron chi connectivity index (χ2n) is 7.37. The Kier molecular flexibility index (Phi) is 8.46. The lowest BCUT2D eigenvalue weighted by molar-refractivity contribution is -0.139. The van der Waals surface area contributed by atoms with Crippen molar-refractivity contribution in [2.75, 3.05) is 32.9 Å². The van der Waals surface area contributed by atoms with Crippen LogP contribution < -0.4 is 5.32 Å². The molecule has 1 N–H and O–H groups in total. The summed E-state index contributed by atoms with van der Waals surface area (Å²) >= 11 is 1.40. The minimum Gasteiger partial charge on any atom is -0.463 e. The second kappa shape index (κ2) is 11.3. The van der Waals surface area contributed by atoms with E-state index in [0.717, 1.165) is 6.42 Å². The Morgan fingerprint density at radius 2 is 2.12 bits per heavy atom. The average Bonchev–Trinajstić information content (AvgIpc) is 3.31. The maximum atomic E-state index is 14.4. The quantitative estimate of drug-likeness (QED) is 0.537. The fourth-order valence-corrected chi connectivity index (χ4v) is 4.28. The average molecular weight is 463 g/mol. The smallest absolute Gasteiger partial charge is 0.338 e. The van der Waals surface area contributed by atoms with Crippen molar-refractivity contribution < 1.29 is 18.3 Å². The van der Waals surface area contributed by atoms with Crippen LogP contribution in [0.4, 0.5) is 8.78 Å². The highest BCUT2D eigenvalue weighted by atomic mass is 32.1. The van der Waals surface area contributed by atoms with E-state index in [4.69, 9.17) is 9.73 Å². The largest absolute Gasteiger partial charge is 0.463 e. The molecule has 1 aliphatic rings. The van der Waals surface area contributed by atoms with Crippen LogP contribution in [0.1, 0.15) is 42.4 Å². The molecule has 2 heterocycles. The van der Waals surface area contributed by atoms with Crippen molar-refractivity contribution in [3.63, 3.8) is 0 Å². The molecule has 0 fully saturated rings. The van der Waals surface area contributed by atoms with E-state index in [0.29, 0.717) is 46.3 Å². The van der Waals surface area contributed by atoms with Crippen molar-refractivity contribution in [2.24, 2.45) is 4.99 Å². The summed E-state index contributed by atoms with van der Waals surface area (Å²) in [7, 11) is 0. The van der Waals surface area contributed by atoms with E-state index < -0.39 is 18.7 Å². The number of thiazole rings is 1. The zero-order valence-electron chi connectivity index (χ0n) is 18.5. The first-order valence-corrected chi connectivity index (χ1v) is 11.6. The SMILES string of the molecule is CCCN(CCF)CC1=C(C(=O)OCC)[C@H](c2cccc(F)c2C)N=C(c2nccs2)N1.